The number of halogens is 3. The molecule has 5 rings (SSSR count). The van der Waals surface area contributed by atoms with Crippen LogP contribution in [0.5, 0.6) is 0 Å². The second-order valence-corrected chi connectivity index (χ2v) is 11.3. The van der Waals surface area contributed by atoms with E-state index in [4.69, 9.17) is 39.5 Å². The molecule has 178 valence electrons. The Kier molecular flexibility index (Phi) is 7.37. The summed E-state index contributed by atoms with van der Waals surface area (Å²) in [6.07, 6.45) is 1.84. The number of hydrogen-bond acceptors (Lipinski definition) is 5. The first-order valence-electron chi connectivity index (χ1n) is 11.4. The Morgan fingerprint density at radius 2 is 1.61 bits per heavy atom. The minimum atomic E-state index is 0.0279. The highest BCUT2D eigenvalue weighted by Gasteiger charge is 2.26. The van der Waals surface area contributed by atoms with Gasteiger partial charge in [-0.2, -0.15) is 0 Å². The quantitative estimate of drug-likeness (QED) is 0.451. The SMILES string of the molecule is O=c1n(CCN2CCOCC2)c2cc(Cl)c(Cl)cc2n1C1CCN(Cc2ccc(Cl)s2)CC1. The average molecular weight is 530 g/mol. The maximum Gasteiger partial charge on any atom is 0.329 e. The van der Waals surface area contributed by atoms with Gasteiger partial charge in [0.2, 0.25) is 0 Å². The number of hydrogen-bond donors (Lipinski definition) is 0. The Balaban J connectivity index is 1.37. The van der Waals surface area contributed by atoms with Crippen molar-refractivity contribution in [2.75, 3.05) is 45.9 Å². The van der Waals surface area contributed by atoms with Crippen LogP contribution in [0.15, 0.2) is 29.1 Å². The normalized spacial score (nSPS) is 19.0. The van der Waals surface area contributed by atoms with Gasteiger partial charge in [0.1, 0.15) is 0 Å². The van der Waals surface area contributed by atoms with Gasteiger partial charge in [-0.05, 0) is 37.1 Å². The van der Waals surface area contributed by atoms with Gasteiger partial charge in [-0.15, -0.1) is 11.3 Å². The highest BCUT2D eigenvalue weighted by atomic mass is 35.5. The smallest absolute Gasteiger partial charge is 0.329 e. The summed E-state index contributed by atoms with van der Waals surface area (Å²) in [5.41, 5.74) is 1.76. The number of piperidine rings is 1. The lowest BCUT2D eigenvalue weighted by Gasteiger charge is -2.32. The molecule has 33 heavy (non-hydrogen) atoms. The summed E-state index contributed by atoms with van der Waals surface area (Å²) in [5.74, 6) is 0. The van der Waals surface area contributed by atoms with Crippen LogP contribution in [0, 0.1) is 0 Å². The van der Waals surface area contributed by atoms with Crippen molar-refractivity contribution < 1.29 is 4.74 Å². The standard InChI is InChI=1S/C23H27Cl3N4O2S/c24-18-13-20-21(14-19(18)25)30(23(31)29(20)8-7-27-9-11-32-12-10-27)16-3-5-28(6-4-16)15-17-1-2-22(26)33-17/h1-2,13-14,16H,3-12,15H2. The van der Waals surface area contributed by atoms with Crippen molar-refractivity contribution in [1.29, 1.82) is 0 Å². The van der Waals surface area contributed by atoms with E-state index in [-0.39, 0.29) is 11.7 Å². The molecule has 2 aliphatic heterocycles. The summed E-state index contributed by atoms with van der Waals surface area (Å²) in [4.78, 5) is 19.7. The van der Waals surface area contributed by atoms with Crippen LogP contribution in [0.1, 0.15) is 23.8 Å². The molecule has 2 aromatic heterocycles. The molecule has 3 aromatic rings. The molecule has 0 atom stereocenters. The predicted molar refractivity (Wildman–Crippen MR) is 136 cm³/mol. The number of nitrogens with zero attached hydrogens (tertiary/aromatic N) is 4. The molecule has 0 N–H and O–H groups in total. The van der Waals surface area contributed by atoms with Crippen molar-refractivity contribution in [3.05, 3.63) is 54.0 Å². The fraction of sp³-hybridized carbons (Fsp3) is 0.522. The summed E-state index contributed by atoms with van der Waals surface area (Å²) in [7, 11) is 0. The Bertz CT molecular complexity index is 1180. The maximum atomic E-state index is 13.6. The highest BCUT2D eigenvalue weighted by molar-refractivity contribution is 7.16. The van der Waals surface area contributed by atoms with Crippen LogP contribution in [0.25, 0.3) is 11.0 Å². The molecule has 6 nitrogen and oxygen atoms in total. The number of likely N-dealkylation sites (tertiary alicyclic amines) is 1. The number of thiophene rings is 1. The molecule has 2 aliphatic rings. The van der Waals surface area contributed by atoms with Gasteiger partial charge in [0, 0.05) is 56.7 Å². The van der Waals surface area contributed by atoms with Crippen molar-refractivity contribution in [2.45, 2.75) is 32.0 Å². The van der Waals surface area contributed by atoms with Gasteiger partial charge in [-0.1, -0.05) is 34.8 Å². The molecule has 4 heterocycles. The molecule has 1 aromatic carbocycles. The van der Waals surface area contributed by atoms with Crippen molar-refractivity contribution in [3.63, 3.8) is 0 Å². The topological polar surface area (TPSA) is 42.6 Å². The molecule has 2 fully saturated rings. The molecule has 10 heteroatoms. The first-order valence-corrected chi connectivity index (χ1v) is 13.3. The maximum absolute atomic E-state index is 13.6. The van der Waals surface area contributed by atoms with Crippen LogP contribution >= 0.6 is 46.1 Å². The minimum Gasteiger partial charge on any atom is -0.379 e. The van der Waals surface area contributed by atoms with Crippen molar-refractivity contribution >= 4 is 57.2 Å². The van der Waals surface area contributed by atoms with Crippen LogP contribution < -0.4 is 5.69 Å². The third kappa shape index (κ3) is 5.15. The van der Waals surface area contributed by atoms with Gasteiger partial charge in [0.15, 0.2) is 0 Å². The Hall–Kier alpha value is -1.06. The second-order valence-electron chi connectivity index (χ2n) is 8.73. The predicted octanol–water partition coefficient (Wildman–Crippen LogP) is 4.99. The fourth-order valence-corrected chi connectivity index (χ4v) is 6.34. The third-order valence-electron chi connectivity index (χ3n) is 6.68. The van der Waals surface area contributed by atoms with Gasteiger partial charge in [0.25, 0.3) is 0 Å². The zero-order valence-electron chi connectivity index (χ0n) is 18.3. The molecular formula is C23H27Cl3N4O2S. The van der Waals surface area contributed by atoms with Crippen LogP contribution in [0.2, 0.25) is 14.4 Å². The van der Waals surface area contributed by atoms with Crippen molar-refractivity contribution in [3.8, 4) is 0 Å². The minimum absolute atomic E-state index is 0.0279. The number of benzene rings is 1. The van der Waals surface area contributed by atoms with Crippen molar-refractivity contribution in [2.24, 2.45) is 0 Å². The van der Waals surface area contributed by atoms with Gasteiger partial charge < -0.3 is 4.74 Å². The lowest BCUT2D eigenvalue weighted by Crippen LogP contribution is -2.40. The van der Waals surface area contributed by atoms with Gasteiger partial charge in [-0.25, -0.2) is 4.79 Å². The lowest BCUT2D eigenvalue weighted by atomic mass is 10.0. The first kappa shape index (κ1) is 23.7. The molecule has 2 saturated heterocycles. The largest absolute Gasteiger partial charge is 0.379 e. The Morgan fingerprint density at radius 1 is 0.909 bits per heavy atom. The second kappa shape index (κ2) is 10.3. The molecule has 0 radical (unpaired) electrons. The summed E-state index contributed by atoms with van der Waals surface area (Å²) in [6.45, 7) is 7.50. The van der Waals surface area contributed by atoms with Crippen molar-refractivity contribution in [1.82, 2.24) is 18.9 Å². The van der Waals surface area contributed by atoms with E-state index in [1.165, 1.54) is 4.88 Å². The number of rotatable bonds is 6. The summed E-state index contributed by atoms with van der Waals surface area (Å²) < 4.78 is 10.1. The van der Waals surface area contributed by atoms with Crippen LogP contribution in [-0.2, 0) is 17.8 Å². The van der Waals surface area contributed by atoms with E-state index >= 15 is 0 Å². The molecule has 0 spiro atoms. The third-order valence-corrected chi connectivity index (χ3v) is 8.62. The molecule has 0 amide bonds. The van der Waals surface area contributed by atoms with Gasteiger partial charge >= 0.3 is 5.69 Å². The fourth-order valence-electron chi connectivity index (χ4n) is 4.90. The van der Waals surface area contributed by atoms with E-state index < -0.39 is 0 Å². The van der Waals surface area contributed by atoms with E-state index in [9.17, 15) is 4.79 Å². The number of imidazole rings is 1. The van der Waals surface area contributed by atoms with E-state index in [1.807, 2.05) is 27.3 Å². The summed E-state index contributed by atoms with van der Waals surface area (Å²) in [5, 5.41) is 0.959. The first-order chi connectivity index (χ1) is 16.0. The van der Waals surface area contributed by atoms with Gasteiger partial charge in [-0.3, -0.25) is 18.9 Å². The summed E-state index contributed by atoms with van der Waals surface area (Å²) in [6, 6.07) is 7.88. The highest BCUT2D eigenvalue weighted by Crippen LogP contribution is 2.32. The molecule has 0 saturated carbocycles. The van der Waals surface area contributed by atoms with Crippen LogP contribution in [-0.4, -0.2) is 64.9 Å². The zero-order valence-corrected chi connectivity index (χ0v) is 21.4. The van der Waals surface area contributed by atoms with E-state index in [2.05, 4.69) is 15.9 Å². The molecule has 0 aliphatic carbocycles. The average Bonchev–Trinajstić information content (AvgIpc) is 3.34. The monoisotopic (exact) mass is 528 g/mol. The van der Waals surface area contributed by atoms with Crippen LogP contribution in [0.4, 0.5) is 0 Å². The zero-order chi connectivity index (χ0) is 22.9. The van der Waals surface area contributed by atoms with E-state index in [0.717, 1.165) is 80.7 Å². The summed E-state index contributed by atoms with van der Waals surface area (Å²) >= 11 is 20.5. The Labute approximate surface area is 212 Å². The number of morpholine rings is 1. The van der Waals surface area contributed by atoms with Gasteiger partial charge in [0.05, 0.1) is 38.6 Å². The van der Waals surface area contributed by atoms with E-state index in [1.54, 1.807) is 11.3 Å². The van der Waals surface area contributed by atoms with Crippen LogP contribution in [0.3, 0.4) is 0 Å². The Morgan fingerprint density at radius 3 is 2.27 bits per heavy atom. The number of ether oxygens (including phenoxy) is 1. The number of aromatic nitrogens is 2. The molecule has 0 bridgehead atoms. The lowest BCUT2D eigenvalue weighted by molar-refractivity contribution is 0.0364. The number of fused-ring (bicyclic) bond motifs is 1. The molecule has 0 unspecified atom stereocenters. The van der Waals surface area contributed by atoms with E-state index in [0.29, 0.717) is 16.6 Å². The molecular weight excluding hydrogens is 503 g/mol.